The molecule has 0 radical (unpaired) electrons. The molecule has 1 heterocycles. The molecule has 0 aliphatic carbocycles. The van der Waals surface area contributed by atoms with Crippen molar-refractivity contribution in [1.82, 2.24) is 10.4 Å². The van der Waals surface area contributed by atoms with E-state index in [0.717, 1.165) is 6.42 Å². The molecule has 1 atom stereocenters. The number of carbonyl (C=O) groups excluding carboxylic acids is 1. The van der Waals surface area contributed by atoms with E-state index in [1.165, 1.54) is 5.56 Å². The monoisotopic (exact) mass is 267 g/mol. The van der Waals surface area contributed by atoms with Gasteiger partial charge >= 0.3 is 0 Å². The van der Waals surface area contributed by atoms with Gasteiger partial charge in [0.1, 0.15) is 5.69 Å². The Hall–Kier alpha value is -2.49. The molecule has 4 heteroatoms. The van der Waals surface area contributed by atoms with Gasteiger partial charge in [0.15, 0.2) is 0 Å². The van der Waals surface area contributed by atoms with Crippen LogP contribution in [0.25, 0.3) is 0 Å². The van der Waals surface area contributed by atoms with Crippen LogP contribution in [0.15, 0.2) is 59.8 Å². The van der Waals surface area contributed by atoms with E-state index < -0.39 is 0 Å². The van der Waals surface area contributed by atoms with Crippen molar-refractivity contribution in [3.63, 3.8) is 0 Å². The number of nitrogens with zero attached hydrogens (tertiary/aromatic N) is 2. The van der Waals surface area contributed by atoms with Gasteiger partial charge < -0.3 is 0 Å². The number of nitrogens with one attached hydrogen (secondary N) is 1. The predicted molar refractivity (Wildman–Crippen MR) is 79.7 cm³/mol. The van der Waals surface area contributed by atoms with Crippen LogP contribution < -0.4 is 5.43 Å². The van der Waals surface area contributed by atoms with E-state index in [1.54, 1.807) is 30.6 Å². The molecule has 0 spiro atoms. The SMILES string of the molecule is CC[C@H](/C=N\NC(=O)c1ccccn1)c1ccccc1. The summed E-state index contributed by atoms with van der Waals surface area (Å²) in [5, 5.41) is 4.03. The van der Waals surface area contributed by atoms with Crippen molar-refractivity contribution < 1.29 is 4.79 Å². The number of hydrazone groups is 1. The Morgan fingerprint density at radius 3 is 2.65 bits per heavy atom. The molecule has 0 fully saturated rings. The molecule has 0 aliphatic rings. The maximum atomic E-state index is 11.8. The molecule has 1 aromatic carbocycles. The lowest BCUT2D eigenvalue weighted by molar-refractivity contribution is 0.0950. The molecule has 1 N–H and O–H groups in total. The molecule has 0 saturated carbocycles. The van der Waals surface area contributed by atoms with E-state index in [4.69, 9.17) is 0 Å². The summed E-state index contributed by atoms with van der Waals surface area (Å²) in [6, 6.07) is 15.3. The van der Waals surface area contributed by atoms with Crippen LogP contribution >= 0.6 is 0 Å². The number of amides is 1. The Labute approximate surface area is 118 Å². The molecule has 0 bridgehead atoms. The van der Waals surface area contributed by atoms with Crippen molar-refractivity contribution in [2.75, 3.05) is 0 Å². The van der Waals surface area contributed by atoms with Crippen LogP contribution in [0.3, 0.4) is 0 Å². The van der Waals surface area contributed by atoms with Gasteiger partial charge in [0, 0.05) is 18.3 Å². The quantitative estimate of drug-likeness (QED) is 0.669. The Morgan fingerprint density at radius 1 is 1.25 bits per heavy atom. The Bertz CT molecular complexity index is 567. The highest BCUT2D eigenvalue weighted by Gasteiger charge is 2.07. The lowest BCUT2D eigenvalue weighted by Gasteiger charge is -2.09. The fraction of sp³-hybridized carbons (Fsp3) is 0.188. The largest absolute Gasteiger partial charge is 0.289 e. The second-order valence-electron chi connectivity index (χ2n) is 4.36. The molecular weight excluding hydrogens is 250 g/mol. The summed E-state index contributed by atoms with van der Waals surface area (Å²) in [6.07, 6.45) is 4.26. The minimum absolute atomic E-state index is 0.195. The molecule has 2 aromatic rings. The first kappa shape index (κ1) is 13.9. The van der Waals surface area contributed by atoms with E-state index in [1.807, 2.05) is 18.2 Å². The van der Waals surface area contributed by atoms with Gasteiger partial charge in [-0.25, -0.2) is 5.43 Å². The standard InChI is InChI=1S/C16H17N3O/c1-2-13(14-8-4-3-5-9-14)12-18-19-16(20)15-10-6-7-11-17-15/h3-13H,2H2,1H3,(H,19,20)/b18-12-/t13-/m1/s1. The number of pyridine rings is 1. The smallest absolute Gasteiger partial charge is 0.266 e. The fourth-order valence-corrected chi connectivity index (χ4v) is 1.87. The normalized spacial score (nSPS) is 12.2. The summed E-state index contributed by atoms with van der Waals surface area (Å²) in [5.41, 5.74) is 4.05. The third kappa shape index (κ3) is 3.75. The first-order valence-corrected chi connectivity index (χ1v) is 6.60. The predicted octanol–water partition coefficient (Wildman–Crippen LogP) is 2.99. The van der Waals surface area contributed by atoms with E-state index in [-0.39, 0.29) is 11.8 Å². The van der Waals surface area contributed by atoms with Crippen molar-refractivity contribution in [1.29, 1.82) is 0 Å². The number of carbonyl (C=O) groups is 1. The van der Waals surface area contributed by atoms with Crippen molar-refractivity contribution >= 4 is 12.1 Å². The third-order valence-corrected chi connectivity index (χ3v) is 2.99. The van der Waals surface area contributed by atoms with E-state index >= 15 is 0 Å². The van der Waals surface area contributed by atoms with Crippen molar-refractivity contribution in [2.45, 2.75) is 19.3 Å². The zero-order valence-corrected chi connectivity index (χ0v) is 11.4. The summed E-state index contributed by atoms with van der Waals surface area (Å²) < 4.78 is 0. The van der Waals surface area contributed by atoms with Gasteiger partial charge in [-0.1, -0.05) is 43.3 Å². The average molecular weight is 267 g/mol. The minimum atomic E-state index is -0.301. The molecular formula is C16H17N3O. The first-order valence-electron chi connectivity index (χ1n) is 6.60. The van der Waals surface area contributed by atoms with Crippen molar-refractivity contribution in [3.05, 3.63) is 66.0 Å². The number of rotatable bonds is 5. The second kappa shape index (κ2) is 7.19. The van der Waals surface area contributed by atoms with Crippen LogP contribution in [-0.4, -0.2) is 17.1 Å². The van der Waals surface area contributed by atoms with Gasteiger partial charge in [-0.05, 0) is 24.1 Å². The zero-order chi connectivity index (χ0) is 14.2. The van der Waals surface area contributed by atoms with Crippen LogP contribution in [0.1, 0.15) is 35.3 Å². The van der Waals surface area contributed by atoms with Crippen LogP contribution in [0.5, 0.6) is 0 Å². The molecule has 0 aliphatic heterocycles. The van der Waals surface area contributed by atoms with Crippen LogP contribution in [0.2, 0.25) is 0 Å². The van der Waals surface area contributed by atoms with Crippen LogP contribution in [0, 0.1) is 0 Å². The van der Waals surface area contributed by atoms with Gasteiger partial charge in [0.05, 0.1) is 0 Å². The number of benzene rings is 1. The van der Waals surface area contributed by atoms with E-state index in [0.29, 0.717) is 5.69 Å². The molecule has 4 nitrogen and oxygen atoms in total. The number of hydrogen-bond donors (Lipinski definition) is 1. The summed E-state index contributed by atoms with van der Waals surface area (Å²) in [6.45, 7) is 2.09. The lowest BCUT2D eigenvalue weighted by atomic mass is 9.98. The van der Waals surface area contributed by atoms with Crippen LogP contribution in [0.4, 0.5) is 0 Å². The van der Waals surface area contributed by atoms with Gasteiger partial charge in [0.25, 0.3) is 5.91 Å². The minimum Gasteiger partial charge on any atom is -0.266 e. The molecule has 0 unspecified atom stereocenters. The number of hydrogen-bond acceptors (Lipinski definition) is 3. The molecule has 0 saturated heterocycles. The first-order chi connectivity index (χ1) is 9.81. The van der Waals surface area contributed by atoms with Crippen molar-refractivity contribution in [3.8, 4) is 0 Å². The summed E-state index contributed by atoms with van der Waals surface area (Å²) in [5.74, 6) is -0.106. The van der Waals surface area contributed by atoms with Gasteiger partial charge in [-0.15, -0.1) is 0 Å². The molecule has 102 valence electrons. The lowest BCUT2D eigenvalue weighted by Crippen LogP contribution is -2.19. The van der Waals surface area contributed by atoms with Gasteiger partial charge in [-0.2, -0.15) is 5.10 Å². The third-order valence-electron chi connectivity index (χ3n) is 2.99. The summed E-state index contributed by atoms with van der Waals surface area (Å²) in [7, 11) is 0. The highest BCUT2D eigenvalue weighted by atomic mass is 16.2. The highest BCUT2D eigenvalue weighted by molar-refractivity contribution is 5.92. The van der Waals surface area contributed by atoms with E-state index in [2.05, 4.69) is 34.6 Å². The second-order valence-corrected chi connectivity index (χ2v) is 4.36. The summed E-state index contributed by atoms with van der Waals surface area (Å²) in [4.78, 5) is 15.7. The topological polar surface area (TPSA) is 54.4 Å². The average Bonchev–Trinajstić information content (AvgIpc) is 2.53. The highest BCUT2D eigenvalue weighted by Crippen LogP contribution is 2.16. The fourth-order valence-electron chi connectivity index (χ4n) is 1.87. The van der Waals surface area contributed by atoms with Gasteiger partial charge in [-0.3, -0.25) is 9.78 Å². The zero-order valence-electron chi connectivity index (χ0n) is 11.4. The van der Waals surface area contributed by atoms with Gasteiger partial charge in [0.2, 0.25) is 0 Å². The molecule has 2 rings (SSSR count). The molecule has 1 aromatic heterocycles. The Kier molecular flexibility index (Phi) is 5.00. The van der Waals surface area contributed by atoms with E-state index in [9.17, 15) is 4.79 Å². The Morgan fingerprint density at radius 2 is 2.00 bits per heavy atom. The summed E-state index contributed by atoms with van der Waals surface area (Å²) >= 11 is 0. The maximum Gasteiger partial charge on any atom is 0.289 e. The van der Waals surface area contributed by atoms with Crippen LogP contribution in [-0.2, 0) is 0 Å². The Balaban J connectivity index is 1.97. The molecule has 1 amide bonds. The maximum absolute atomic E-state index is 11.8. The molecule has 20 heavy (non-hydrogen) atoms. The number of aromatic nitrogens is 1. The van der Waals surface area contributed by atoms with Crippen molar-refractivity contribution in [2.24, 2.45) is 5.10 Å².